The summed E-state index contributed by atoms with van der Waals surface area (Å²) < 4.78 is 0. The van der Waals surface area contributed by atoms with E-state index in [1.54, 1.807) is 12.4 Å². The zero-order chi connectivity index (χ0) is 14.9. The first kappa shape index (κ1) is 13.2. The van der Waals surface area contributed by atoms with Crippen LogP contribution in [0.25, 0.3) is 0 Å². The monoisotopic (exact) mass is 294 g/mol. The number of carbonyl (C=O) groups is 1. The summed E-state index contributed by atoms with van der Waals surface area (Å²) in [4.78, 5) is 25.7. The highest BCUT2D eigenvalue weighted by Crippen LogP contribution is 2.34. The second-order valence-electron chi connectivity index (χ2n) is 5.82. The number of aromatic nitrogens is 2. The fourth-order valence-electron chi connectivity index (χ4n) is 3.67. The fourth-order valence-corrected chi connectivity index (χ4v) is 3.67. The first-order valence-electron chi connectivity index (χ1n) is 7.74. The van der Waals surface area contributed by atoms with Crippen molar-refractivity contribution in [1.82, 2.24) is 14.9 Å². The molecule has 1 amide bonds. The minimum Gasteiger partial charge on any atom is -0.336 e. The topological polar surface area (TPSA) is 49.3 Å². The molecule has 2 aliphatic rings. The molecule has 1 aromatic carbocycles. The van der Waals surface area contributed by atoms with E-state index in [1.165, 1.54) is 0 Å². The second-order valence-corrected chi connectivity index (χ2v) is 5.82. The van der Waals surface area contributed by atoms with Crippen LogP contribution in [0.5, 0.6) is 0 Å². The van der Waals surface area contributed by atoms with E-state index in [9.17, 15) is 4.79 Å². The molecule has 0 N–H and O–H groups in total. The van der Waals surface area contributed by atoms with Gasteiger partial charge < -0.3 is 9.80 Å². The van der Waals surface area contributed by atoms with E-state index in [2.05, 4.69) is 14.9 Å². The van der Waals surface area contributed by atoms with E-state index in [4.69, 9.17) is 0 Å². The first-order valence-corrected chi connectivity index (χ1v) is 7.74. The summed E-state index contributed by atoms with van der Waals surface area (Å²) in [5.74, 6) is 0.924. The number of hydrogen-bond acceptors (Lipinski definition) is 4. The normalized spacial score (nSPS) is 23.6. The Morgan fingerprint density at radius 2 is 1.68 bits per heavy atom. The molecule has 0 unspecified atom stereocenters. The van der Waals surface area contributed by atoms with E-state index in [-0.39, 0.29) is 11.9 Å². The van der Waals surface area contributed by atoms with Crippen LogP contribution in [0, 0.1) is 0 Å². The van der Waals surface area contributed by atoms with Gasteiger partial charge in [-0.2, -0.15) is 0 Å². The van der Waals surface area contributed by atoms with Crippen LogP contribution in [-0.4, -0.2) is 45.9 Å². The summed E-state index contributed by atoms with van der Waals surface area (Å²) in [5.41, 5.74) is 0.776. The van der Waals surface area contributed by atoms with Crippen LogP contribution in [0.1, 0.15) is 23.2 Å². The van der Waals surface area contributed by atoms with Gasteiger partial charge in [0.15, 0.2) is 0 Å². The smallest absolute Gasteiger partial charge is 0.254 e. The van der Waals surface area contributed by atoms with Crippen LogP contribution in [0.4, 0.5) is 5.95 Å². The maximum atomic E-state index is 12.7. The van der Waals surface area contributed by atoms with Crippen LogP contribution >= 0.6 is 0 Å². The van der Waals surface area contributed by atoms with Crippen molar-refractivity contribution in [2.24, 2.45) is 0 Å². The molecular formula is C17H18N4O. The molecule has 0 saturated carbocycles. The summed E-state index contributed by atoms with van der Waals surface area (Å²) >= 11 is 0. The molecular weight excluding hydrogens is 276 g/mol. The Labute approximate surface area is 129 Å². The molecule has 4 rings (SSSR count). The molecule has 2 aliphatic heterocycles. The molecule has 0 bridgehead atoms. The van der Waals surface area contributed by atoms with E-state index in [1.807, 2.05) is 41.3 Å². The number of carbonyl (C=O) groups excluding carboxylic acids is 1. The number of rotatable bonds is 2. The molecule has 3 heterocycles. The highest BCUT2D eigenvalue weighted by atomic mass is 16.2. The first-order chi connectivity index (χ1) is 10.8. The molecule has 2 fully saturated rings. The van der Waals surface area contributed by atoms with Gasteiger partial charge in [-0.25, -0.2) is 9.97 Å². The SMILES string of the molecule is O=C(c1ccccc1)N1CC[C@@H]2[C@@H]1CCN2c1ncccn1. The molecule has 0 aliphatic carbocycles. The van der Waals surface area contributed by atoms with Crippen molar-refractivity contribution in [3.63, 3.8) is 0 Å². The standard InChI is InChI=1S/C17H18N4O/c22-16(13-5-2-1-3-6-13)20-11-7-15-14(20)8-12-21(15)17-18-9-4-10-19-17/h1-6,9-10,14-15H,7-8,11-12H2/t14-,15+/m0/s1. The molecule has 5 heteroatoms. The van der Waals surface area contributed by atoms with Gasteiger partial charge in [0, 0.05) is 31.0 Å². The van der Waals surface area contributed by atoms with Gasteiger partial charge in [0.05, 0.1) is 12.1 Å². The predicted molar refractivity (Wildman–Crippen MR) is 83.7 cm³/mol. The number of likely N-dealkylation sites (tertiary alicyclic amines) is 1. The molecule has 112 valence electrons. The molecule has 5 nitrogen and oxygen atoms in total. The van der Waals surface area contributed by atoms with Crippen molar-refractivity contribution in [2.75, 3.05) is 18.0 Å². The molecule has 0 spiro atoms. The van der Waals surface area contributed by atoms with Crippen LogP contribution < -0.4 is 4.90 Å². The van der Waals surface area contributed by atoms with Crippen LogP contribution in [0.15, 0.2) is 48.8 Å². The van der Waals surface area contributed by atoms with Gasteiger partial charge in [-0.15, -0.1) is 0 Å². The number of benzene rings is 1. The Morgan fingerprint density at radius 1 is 0.955 bits per heavy atom. The lowest BCUT2D eigenvalue weighted by atomic mass is 10.1. The van der Waals surface area contributed by atoms with Crippen molar-refractivity contribution in [2.45, 2.75) is 24.9 Å². The van der Waals surface area contributed by atoms with Gasteiger partial charge in [0.2, 0.25) is 5.95 Å². The molecule has 2 saturated heterocycles. The second kappa shape index (κ2) is 5.40. The van der Waals surface area contributed by atoms with E-state index < -0.39 is 0 Å². The average molecular weight is 294 g/mol. The average Bonchev–Trinajstić information content (AvgIpc) is 3.17. The van der Waals surface area contributed by atoms with Crippen molar-refractivity contribution in [3.8, 4) is 0 Å². The summed E-state index contributed by atoms with van der Waals surface area (Å²) in [7, 11) is 0. The van der Waals surface area contributed by atoms with Gasteiger partial charge in [-0.05, 0) is 31.0 Å². The van der Waals surface area contributed by atoms with Crippen LogP contribution in [0.2, 0.25) is 0 Å². The lowest BCUT2D eigenvalue weighted by Crippen LogP contribution is -2.40. The maximum Gasteiger partial charge on any atom is 0.254 e. The maximum absolute atomic E-state index is 12.7. The van der Waals surface area contributed by atoms with E-state index >= 15 is 0 Å². The lowest BCUT2D eigenvalue weighted by molar-refractivity contribution is 0.0737. The van der Waals surface area contributed by atoms with Crippen molar-refractivity contribution < 1.29 is 4.79 Å². The van der Waals surface area contributed by atoms with Gasteiger partial charge in [-0.3, -0.25) is 4.79 Å². The Kier molecular flexibility index (Phi) is 3.25. The Hall–Kier alpha value is -2.43. The van der Waals surface area contributed by atoms with Crippen molar-refractivity contribution in [3.05, 3.63) is 54.4 Å². The number of amides is 1. The lowest BCUT2D eigenvalue weighted by Gasteiger charge is -2.25. The number of nitrogens with zero attached hydrogens (tertiary/aromatic N) is 4. The third kappa shape index (κ3) is 2.13. The van der Waals surface area contributed by atoms with E-state index in [0.29, 0.717) is 6.04 Å². The van der Waals surface area contributed by atoms with Crippen LogP contribution in [-0.2, 0) is 0 Å². The Balaban J connectivity index is 1.55. The van der Waals surface area contributed by atoms with Gasteiger partial charge in [0.25, 0.3) is 5.91 Å². The third-order valence-electron chi connectivity index (χ3n) is 4.67. The largest absolute Gasteiger partial charge is 0.336 e. The summed E-state index contributed by atoms with van der Waals surface area (Å²) in [6, 6.07) is 12.0. The molecule has 22 heavy (non-hydrogen) atoms. The van der Waals surface area contributed by atoms with Gasteiger partial charge in [-0.1, -0.05) is 18.2 Å². The summed E-state index contributed by atoms with van der Waals surface area (Å²) in [6.45, 7) is 1.73. The van der Waals surface area contributed by atoms with Crippen LogP contribution in [0.3, 0.4) is 0 Å². The zero-order valence-corrected chi connectivity index (χ0v) is 12.3. The fraction of sp³-hybridized carbons (Fsp3) is 0.353. The summed E-state index contributed by atoms with van der Waals surface area (Å²) in [6.07, 6.45) is 5.53. The number of fused-ring (bicyclic) bond motifs is 1. The third-order valence-corrected chi connectivity index (χ3v) is 4.67. The quantitative estimate of drug-likeness (QED) is 0.849. The highest BCUT2D eigenvalue weighted by Gasteiger charge is 2.45. The van der Waals surface area contributed by atoms with E-state index in [0.717, 1.165) is 37.4 Å². The Bertz CT molecular complexity index is 661. The molecule has 2 atom stereocenters. The molecule has 0 radical (unpaired) electrons. The highest BCUT2D eigenvalue weighted by molar-refractivity contribution is 5.94. The van der Waals surface area contributed by atoms with Crippen molar-refractivity contribution >= 4 is 11.9 Å². The Morgan fingerprint density at radius 3 is 2.45 bits per heavy atom. The zero-order valence-electron chi connectivity index (χ0n) is 12.3. The molecule has 1 aromatic heterocycles. The summed E-state index contributed by atoms with van der Waals surface area (Å²) in [5, 5.41) is 0. The van der Waals surface area contributed by atoms with Crippen molar-refractivity contribution in [1.29, 1.82) is 0 Å². The molecule has 2 aromatic rings. The van der Waals surface area contributed by atoms with Gasteiger partial charge >= 0.3 is 0 Å². The van der Waals surface area contributed by atoms with Gasteiger partial charge in [0.1, 0.15) is 0 Å². The minimum atomic E-state index is 0.143. The number of anilines is 1. The number of hydrogen-bond donors (Lipinski definition) is 0. The minimum absolute atomic E-state index is 0.143. The predicted octanol–water partition coefficient (Wildman–Crippen LogP) is 1.97.